The van der Waals surface area contributed by atoms with Crippen LogP contribution in [0, 0.1) is 0 Å². The Hall–Kier alpha value is -1.00. The van der Waals surface area contributed by atoms with E-state index in [0.29, 0.717) is 4.47 Å². The minimum Gasteiger partial charge on any atom is -0.383 e. The molecule has 1 amide bonds. The summed E-state index contributed by atoms with van der Waals surface area (Å²) in [4.78, 5) is 16.9. The summed E-state index contributed by atoms with van der Waals surface area (Å²) in [5.74, 6) is -0.460. The van der Waals surface area contributed by atoms with Gasteiger partial charge in [-0.3, -0.25) is 9.63 Å². The molecule has 0 fully saturated rings. The van der Waals surface area contributed by atoms with Crippen LogP contribution >= 0.6 is 15.9 Å². The number of halogens is 1. The number of nitrogens with one attached hydrogen (secondary N) is 1. The molecule has 0 aliphatic rings. The fourth-order valence-electron chi connectivity index (χ4n) is 1.45. The molecule has 0 aliphatic heterocycles. The summed E-state index contributed by atoms with van der Waals surface area (Å²) < 4.78 is 31.8. The normalized spacial score (nSPS) is 11.4. The van der Waals surface area contributed by atoms with E-state index in [1.54, 1.807) is 0 Å². The Morgan fingerprint density at radius 2 is 2.05 bits per heavy atom. The van der Waals surface area contributed by atoms with Crippen LogP contribution in [-0.2, 0) is 19.6 Å². The molecule has 118 valence electrons. The van der Waals surface area contributed by atoms with Gasteiger partial charge in [-0.1, -0.05) is 0 Å². The van der Waals surface area contributed by atoms with Crippen molar-refractivity contribution in [3.8, 4) is 0 Å². The molecule has 0 radical (unpaired) electrons. The topological polar surface area (TPSA) is 84.9 Å². The minimum atomic E-state index is -3.70. The Morgan fingerprint density at radius 3 is 2.62 bits per heavy atom. The zero-order valence-electron chi connectivity index (χ0n) is 11.9. The van der Waals surface area contributed by atoms with Gasteiger partial charge in [-0.05, 0) is 34.1 Å². The molecule has 1 aromatic carbocycles. The second-order valence-corrected chi connectivity index (χ2v) is 6.64. The molecule has 9 heteroatoms. The van der Waals surface area contributed by atoms with Crippen LogP contribution in [0.5, 0.6) is 0 Å². The largest absolute Gasteiger partial charge is 0.383 e. The molecule has 0 bridgehead atoms. The van der Waals surface area contributed by atoms with Crippen molar-refractivity contribution in [2.24, 2.45) is 0 Å². The van der Waals surface area contributed by atoms with Gasteiger partial charge in [0.2, 0.25) is 10.0 Å². The molecule has 0 atom stereocenters. The van der Waals surface area contributed by atoms with Gasteiger partial charge in [0, 0.05) is 25.2 Å². The van der Waals surface area contributed by atoms with Gasteiger partial charge in [0.15, 0.2) is 0 Å². The highest BCUT2D eigenvalue weighted by molar-refractivity contribution is 9.10. The Labute approximate surface area is 132 Å². The molecule has 21 heavy (non-hydrogen) atoms. The summed E-state index contributed by atoms with van der Waals surface area (Å²) >= 11 is 3.22. The van der Waals surface area contributed by atoms with Gasteiger partial charge in [0.25, 0.3) is 5.91 Å². The Morgan fingerprint density at radius 1 is 1.38 bits per heavy atom. The second kappa shape index (κ2) is 7.85. The van der Waals surface area contributed by atoms with Crippen molar-refractivity contribution in [1.82, 2.24) is 9.79 Å². The number of ether oxygens (including phenoxy) is 1. The number of amides is 1. The first-order chi connectivity index (χ1) is 9.83. The third-order valence-electron chi connectivity index (χ3n) is 2.64. The molecular weight excluding hydrogens is 364 g/mol. The van der Waals surface area contributed by atoms with Gasteiger partial charge in [0.1, 0.15) is 0 Å². The van der Waals surface area contributed by atoms with E-state index in [9.17, 15) is 13.2 Å². The van der Waals surface area contributed by atoms with E-state index in [2.05, 4.69) is 20.7 Å². The standard InChI is InChI=1S/C12H17BrN2O5S/c1-15(20-3)12(16)10-8-9(4-5-11(10)13)21(17,18)14-6-7-19-2/h4-5,8,14H,6-7H2,1-3H3. The Kier molecular flexibility index (Phi) is 6.75. The van der Waals surface area contributed by atoms with E-state index in [0.717, 1.165) is 5.06 Å². The van der Waals surface area contributed by atoms with Crippen molar-refractivity contribution in [3.63, 3.8) is 0 Å². The number of carbonyl (C=O) groups is 1. The Balaban J connectivity index is 3.09. The van der Waals surface area contributed by atoms with E-state index in [1.807, 2.05) is 0 Å². The van der Waals surface area contributed by atoms with Crippen molar-refractivity contribution in [3.05, 3.63) is 28.2 Å². The predicted molar refractivity (Wildman–Crippen MR) is 80.3 cm³/mol. The lowest BCUT2D eigenvalue weighted by atomic mass is 10.2. The fraction of sp³-hybridized carbons (Fsp3) is 0.417. The molecular formula is C12H17BrN2O5S. The molecule has 0 aliphatic carbocycles. The van der Waals surface area contributed by atoms with E-state index in [-0.39, 0.29) is 23.6 Å². The van der Waals surface area contributed by atoms with Gasteiger partial charge in [-0.25, -0.2) is 18.2 Å². The number of methoxy groups -OCH3 is 1. The summed E-state index contributed by atoms with van der Waals surface area (Å²) in [5, 5.41) is 1.01. The van der Waals surface area contributed by atoms with Gasteiger partial charge >= 0.3 is 0 Å². The average Bonchev–Trinajstić information content (AvgIpc) is 2.46. The zero-order valence-corrected chi connectivity index (χ0v) is 14.3. The molecule has 0 aromatic heterocycles. The molecule has 1 rings (SSSR count). The lowest BCUT2D eigenvalue weighted by Crippen LogP contribution is -2.28. The Bertz CT molecular complexity index is 606. The molecule has 0 saturated heterocycles. The molecule has 0 unspecified atom stereocenters. The van der Waals surface area contributed by atoms with E-state index in [4.69, 9.17) is 9.57 Å². The summed E-state index contributed by atoms with van der Waals surface area (Å²) in [5.41, 5.74) is 0.189. The number of benzene rings is 1. The molecule has 1 N–H and O–H groups in total. The minimum absolute atomic E-state index is 0.00495. The number of rotatable bonds is 7. The van der Waals surface area contributed by atoms with Crippen LogP contribution in [0.1, 0.15) is 10.4 Å². The first-order valence-electron chi connectivity index (χ1n) is 5.93. The van der Waals surface area contributed by atoms with Gasteiger partial charge in [0.05, 0.1) is 24.2 Å². The third kappa shape index (κ3) is 4.75. The molecule has 7 nitrogen and oxygen atoms in total. The summed E-state index contributed by atoms with van der Waals surface area (Å²) in [6.07, 6.45) is 0. The van der Waals surface area contributed by atoms with Crippen molar-refractivity contribution < 1.29 is 22.8 Å². The van der Waals surface area contributed by atoms with Crippen LogP contribution in [0.2, 0.25) is 0 Å². The third-order valence-corrected chi connectivity index (χ3v) is 4.79. The van der Waals surface area contributed by atoms with Crippen LogP contribution in [0.15, 0.2) is 27.6 Å². The zero-order chi connectivity index (χ0) is 16.0. The smallest absolute Gasteiger partial charge is 0.278 e. The number of carbonyl (C=O) groups excluding carboxylic acids is 1. The first-order valence-corrected chi connectivity index (χ1v) is 8.21. The lowest BCUT2D eigenvalue weighted by Gasteiger charge is -2.15. The predicted octanol–water partition coefficient (Wildman–Crippen LogP) is 1.01. The molecule has 0 saturated carbocycles. The maximum absolute atomic E-state index is 12.1. The fourth-order valence-corrected chi connectivity index (χ4v) is 2.90. The van der Waals surface area contributed by atoms with Crippen LogP contribution in [0.25, 0.3) is 0 Å². The molecule has 0 spiro atoms. The van der Waals surface area contributed by atoms with Gasteiger partial charge < -0.3 is 4.74 Å². The van der Waals surface area contributed by atoms with Gasteiger partial charge in [-0.2, -0.15) is 0 Å². The van der Waals surface area contributed by atoms with E-state index >= 15 is 0 Å². The highest BCUT2D eigenvalue weighted by Crippen LogP contribution is 2.22. The van der Waals surface area contributed by atoms with Crippen molar-refractivity contribution in [2.75, 3.05) is 34.4 Å². The van der Waals surface area contributed by atoms with Gasteiger partial charge in [-0.15, -0.1) is 0 Å². The van der Waals surface area contributed by atoms with E-state index < -0.39 is 15.9 Å². The average molecular weight is 381 g/mol. The van der Waals surface area contributed by atoms with Crippen LogP contribution in [0.4, 0.5) is 0 Å². The SMILES string of the molecule is COCCNS(=O)(=O)c1ccc(Br)c(C(=O)N(C)OC)c1. The second-order valence-electron chi connectivity index (χ2n) is 4.02. The number of hydrogen-bond donors (Lipinski definition) is 1. The van der Waals surface area contributed by atoms with Crippen molar-refractivity contribution in [1.29, 1.82) is 0 Å². The van der Waals surface area contributed by atoms with Crippen molar-refractivity contribution >= 4 is 31.9 Å². The summed E-state index contributed by atoms with van der Waals surface area (Å²) in [6.45, 7) is 0.407. The maximum Gasteiger partial charge on any atom is 0.278 e. The number of nitrogens with zero attached hydrogens (tertiary/aromatic N) is 1. The quantitative estimate of drug-likeness (QED) is 0.563. The molecule has 0 heterocycles. The summed E-state index contributed by atoms with van der Waals surface area (Å²) in [7, 11) is 0.561. The number of hydroxylamine groups is 2. The van der Waals surface area contributed by atoms with Crippen LogP contribution in [0.3, 0.4) is 0 Å². The monoisotopic (exact) mass is 380 g/mol. The maximum atomic E-state index is 12.1. The van der Waals surface area contributed by atoms with Crippen LogP contribution < -0.4 is 4.72 Å². The highest BCUT2D eigenvalue weighted by atomic mass is 79.9. The molecule has 1 aromatic rings. The van der Waals surface area contributed by atoms with E-state index in [1.165, 1.54) is 39.5 Å². The van der Waals surface area contributed by atoms with Crippen LogP contribution in [-0.4, -0.2) is 53.8 Å². The highest BCUT2D eigenvalue weighted by Gasteiger charge is 2.20. The number of sulfonamides is 1. The van der Waals surface area contributed by atoms with Crippen molar-refractivity contribution in [2.45, 2.75) is 4.90 Å². The lowest BCUT2D eigenvalue weighted by molar-refractivity contribution is -0.0757. The number of hydrogen-bond acceptors (Lipinski definition) is 5. The first kappa shape index (κ1) is 18.1. The summed E-state index contributed by atoms with van der Waals surface area (Å²) in [6, 6.07) is 4.20.